The fourth-order valence-electron chi connectivity index (χ4n) is 6.62. The molecule has 0 bridgehead atoms. The summed E-state index contributed by atoms with van der Waals surface area (Å²) < 4.78 is 10.4. The van der Waals surface area contributed by atoms with E-state index >= 15 is 0 Å². The molecule has 6 aromatic carbocycles. The molecule has 0 atom stereocenters. The van der Waals surface area contributed by atoms with Gasteiger partial charge in [-0.1, -0.05) is 91.0 Å². The Kier molecular flexibility index (Phi) is 4.44. The number of fused-ring (bicyclic) bond motifs is 10. The molecular weight excluding hydrogens is 504 g/mol. The third kappa shape index (κ3) is 3.02. The zero-order valence-electron chi connectivity index (χ0n) is 21.9. The van der Waals surface area contributed by atoms with E-state index in [0.717, 1.165) is 44.2 Å². The molecule has 192 valence electrons. The second kappa shape index (κ2) is 8.20. The first-order chi connectivity index (χ1) is 20.3. The smallest absolute Gasteiger partial charge is 0.344 e. The van der Waals surface area contributed by atoms with Crippen molar-refractivity contribution in [3.8, 4) is 11.4 Å². The predicted molar refractivity (Wildman–Crippen MR) is 169 cm³/mol. The van der Waals surface area contributed by atoms with Gasteiger partial charge in [-0.3, -0.25) is 0 Å². The van der Waals surface area contributed by atoms with Gasteiger partial charge in [0, 0.05) is 43.7 Å². The van der Waals surface area contributed by atoms with Gasteiger partial charge < -0.3 is 13.6 Å². The Morgan fingerprint density at radius 3 is 1.63 bits per heavy atom. The standard InChI is InChI=1S/C37H22N2O2/c40-37-31-22-24(18-19-25(31)28-14-6-9-17-34(28)41-37)39-33-16-8-5-13-27(33)30-21-20-29-26-12-4-7-15-32(26)38(35(29)36(30)39)23-10-2-1-3-11-23/h1-22H. The number of para-hydroxylation sites is 4. The number of aromatic nitrogens is 2. The summed E-state index contributed by atoms with van der Waals surface area (Å²) in [7, 11) is 0. The van der Waals surface area contributed by atoms with E-state index in [1.165, 1.54) is 21.5 Å². The molecule has 0 aliphatic rings. The number of hydrogen-bond donors (Lipinski definition) is 0. The molecule has 41 heavy (non-hydrogen) atoms. The molecule has 0 fully saturated rings. The zero-order valence-corrected chi connectivity index (χ0v) is 21.9. The van der Waals surface area contributed by atoms with Crippen molar-refractivity contribution in [2.24, 2.45) is 0 Å². The van der Waals surface area contributed by atoms with Gasteiger partial charge in [-0.15, -0.1) is 0 Å². The van der Waals surface area contributed by atoms with E-state index in [2.05, 4.69) is 106 Å². The number of rotatable bonds is 2. The lowest BCUT2D eigenvalue weighted by atomic mass is 10.1. The maximum atomic E-state index is 13.2. The Balaban J connectivity index is 1.50. The first-order valence-corrected chi connectivity index (χ1v) is 13.7. The molecule has 0 aliphatic heterocycles. The van der Waals surface area contributed by atoms with Gasteiger partial charge in [-0.25, -0.2) is 4.79 Å². The van der Waals surface area contributed by atoms with Gasteiger partial charge in [0.05, 0.1) is 27.5 Å². The SMILES string of the molecule is O=c1oc2ccccc2c2ccc(-n3c4ccccc4c4ccc5c6ccccc6n(-c6ccccc6)c5c43)cc12. The number of hydrogen-bond acceptors (Lipinski definition) is 2. The quantitative estimate of drug-likeness (QED) is 0.166. The molecule has 0 saturated heterocycles. The van der Waals surface area contributed by atoms with Gasteiger partial charge >= 0.3 is 5.63 Å². The maximum Gasteiger partial charge on any atom is 0.344 e. The lowest BCUT2D eigenvalue weighted by molar-refractivity contribution is 0.569. The normalized spacial score (nSPS) is 12.0. The highest BCUT2D eigenvalue weighted by molar-refractivity contribution is 6.24. The van der Waals surface area contributed by atoms with Gasteiger partial charge in [-0.2, -0.15) is 0 Å². The van der Waals surface area contributed by atoms with Crippen molar-refractivity contribution in [3.05, 3.63) is 144 Å². The Morgan fingerprint density at radius 1 is 0.415 bits per heavy atom. The fourth-order valence-corrected chi connectivity index (χ4v) is 6.62. The minimum absolute atomic E-state index is 0.329. The van der Waals surface area contributed by atoms with Crippen molar-refractivity contribution in [2.75, 3.05) is 0 Å². The molecule has 0 unspecified atom stereocenters. The first kappa shape index (κ1) is 22.2. The van der Waals surface area contributed by atoms with Crippen molar-refractivity contribution in [1.29, 1.82) is 0 Å². The van der Waals surface area contributed by atoms with Crippen LogP contribution >= 0.6 is 0 Å². The second-order valence-corrected chi connectivity index (χ2v) is 10.5. The van der Waals surface area contributed by atoms with Crippen LogP contribution in [0.5, 0.6) is 0 Å². The average Bonchev–Trinajstić information content (AvgIpc) is 3.55. The maximum absolute atomic E-state index is 13.2. The summed E-state index contributed by atoms with van der Waals surface area (Å²) in [6.45, 7) is 0. The van der Waals surface area contributed by atoms with Gasteiger partial charge in [0.1, 0.15) is 5.58 Å². The van der Waals surface area contributed by atoms with Crippen LogP contribution in [0, 0.1) is 0 Å². The third-order valence-corrected chi connectivity index (χ3v) is 8.34. The molecule has 0 spiro atoms. The molecule has 0 amide bonds. The minimum atomic E-state index is -0.329. The Labute approximate surface area is 233 Å². The summed E-state index contributed by atoms with van der Waals surface area (Å²) in [5.74, 6) is 0. The molecule has 4 heteroatoms. The molecular formula is C37H22N2O2. The Morgan fingerprint density at radius 2 is 0.951 bits per heavy atom. The van der Waals surface area contributed by atoms with Crippen molar-refractivity contribution in [3.63, 3.8) is 0 Å². The number of nitrogens with zero attached hydrogens (tertiary/aromatic N) is 2. The van der Waals surface area contributed by atoms with Crippen LogP contribution in [0.1, 0.15) is 0 Å². The molecule has 3 heterocycles. The van der Waals surface area contributed by atoms with Crippen LogP contribution in [0.15, 0.2) is 143 Å². The number of benzene rings is 6. The van der Waals surface area contributed by atoms with Crippen LogP contribution in [0.2, 0.25) is 0 Å². The third-order valence-electron chi connectivity index (χ3n) is 8.34. The fraction of sp³-hybridized carbons (Fsp3) is 0. The van der Waals surface area contributed by atoms with Crippen molar-refractivity contribution < 1.29 is 4.42 Å². The summed E-state index contributed by atoms with van der Waals surface area (Å²) in [5, 5.41) is 7.12. The molecule has 9 aromatic rings. The van der Waals surface area contributed by atoms with E-state index in [1.807, 2.05) is 36.4 Å². The summed E-state index contributed by atoms with van der Waals surface area (Å²) >= 11 is 0. The lowest BCUT2D eigenvalue weighted by Crippen LogP contribution is -2.03. The Hall–Kier alpha value is -5.61. The lowest BCUT2D eigenvalue weighted by Gasteiger charge is -2.13. The van der Waals surface area contributed by atoms with Crippen LogP contribution in [0.4, 0.5) is 0 Å². The van der Waals surface area contributed by atoms with Crippen LogP contribution < -0.4 is 5.63 Å². The molecule has 0 saturated carbocycles. The van der Waals surface area contributed by atoms with Gasteiger partial charge in [-0.05, 0) is 42.5 Å². The summed E-state index contributed by atoms with van der Waals surface area (Å²) in [4.78, 5) is 13.2. The van der Waals surface area contributed by atoms with Crippen molar-refractivity contribution in [1.82, 2.24) is 9.13 Å². The van der Waals surface area contributed by atoms with E-state index in [4.69, 9.17) is 4.42 Å². The van der Waals surface area contributed by atoms with Gasteiger partial charge in [0.25, 0.3) is 0 Å². The van der Waals surface area contributed by atoms with Gasteiger partial charge in [0.15, 0.2) is 0 Å². The topological polar surface area (TPSA) is 40.1 Å². The van der Waals surface area contributed by atoms with Crippen LogP contribution in [-0.4, -0.2) is 9.13 Å². The van der Waals surface area contributed by atoms with E-state index in [0.29, 0.717) is 11.0 Å². The largest absolute Gasteiger partial charge is 0.422 e. The summed E-state index contributed by atoms with van der Waals surface area (Å²) in [6, 6.07) is 46.0. The van der Waals surface area contributed by atoms with E-state index in [-0.39, 0.29) is 5.63 Å². The highest BCUT2D eigenvalue weighted by atomic mass is 16.4. The van der Waals surface area contributed by atoms with Gasteiger partial charge in [0.2, 0.25) is 0 Å². The predicted octanol–water partition coefficient (Wildman–Crippen LogP) is 9.14. The Bertz CT molecular complexity index is 2550. The summed E-state index contributed by atoms with van der Waals surface area (Å²) in [5.41, 5.74) is 6.78. The monoisotopic (exact) mass is 526 g/mol. The van der Waals surface area contributed by atoms with E-state index in [1.54, 1.807) is 0 Å². The minimum Gasteiger partial charge on any atom is -0.422 e. The second-order valence-electron chi connectivity index (χ2n) is 10.5. The average molecular weight is 527 g/mol. The molecule has 0 aliphatic carbocycles. The molecule has 4 nitrogen and oxygen atoms in total. The first-order valence-electron chi connectivity index (χ1n) is 13.7. The van der Waals surface area contributed by atoms with Crippen molar-refractivity contribution in [2.45, 2.75) is 0 Å². The highest BCUT2D eigenvalue weighted by Crippen LogP contribution is 2.41. The van der Waals surface area contributed by atoms with Crippen LogP contribution in [0.25, 0.3) is 76.7 Å². The highest BCUT2D eigenvalue weighted by Gasteiger charge is 2.21. The molecule has 3 aromatic heterocycles. The zero-order chi connectivity index (χ0) is 27.1. The van der Waals surface area contributed by atoms with Crippen molar-refractivity contribution >= 4 is 65.4 Å². The molecule has 0 N–H and O–H groups in total. The van der Waals surface area contributed by atoms with E-state index < -0.39 is 0 Å². The van der Waals surface area contributed by atoms with Crippen LogP contribution in [-0.2, 0) is 0 Å². The summed E-state index contributed by atoms with van der Waals surface area (Å²) in [6.07, 6.45) is 0. The molecule has 0 radical (unpaired) electrons. The van der Waals surface area contributed by atoms with Crippen LogP contribution in [0.3, 0.4) is 0 Å². The van der Waals surface area contributed by atoms with E-state index in [9.17, 15) is 4.79 Å². The molecule has 9 rings (SSSR count).